The second kappa shape index (κ2) is 8.04. The molecule has 0 fully saturated rings. The van der Waals surface area contributed by atoms with Crippen LogP contribution in [0.5, 0.6) is 0 Å². The Morgan fingerprint density at radius 2 is 1.64 bits per heavy atom. The maximum absolute atomic E-state index is 12.7. The fourth-order valence-corrected chi connectivity index (χ4v) is 2.63. The molecule has 0 aliphatic heterocycles. The van der Waals surface area contributed by atoms with E-state index in [9.17, 15) is 18.0 Å². The molecule has 0 saturated carbocycles. The van der Waals surface area contributed by atoms with Gasteiger partial charge in [-0.05, 0) is 40.6 Å². The lowest BCUT2D eigenvalue weighted by atomic mass is 10.1. The predicted molar refractivity (Wildman–Crippen MR) is 104 cm³/mol. The summed E-state index contributed by atoms with van der Waals surface area (Å²) in [6.07, 6.45) is -4.43. The molecule has 0 heterocycles. The molecule has 0 aliphatic carbocycles. The van der Waals surface area contributed by atoms with Crippen LogP contribution in [0.2, 0.25) is 0 Å². The van der Waals surface area contributed by atoms with Gasteiger partial charge in [0, 0.05) is 5.69 Å². The highest BCUT2D eigenvalue weighted by Crippen LogP contribution is 2.30. The van der Waals surface area contributed by atoms with Crippen molar-refractivity contribution in [1.29, 1.82) is 0 Å². The minimum Gasteiger partial charge on any atom is -0.376 e. The summed E-state index contributed by atoms with van der Waals surface area (Å²) >= 11 is 0. The number of carbonyl (C=O) groups excluding carboxylic acids is 1. The van der Waals surface area contributed by atoms with Crippen molar-refractivity contribution in [3.05, 3.63) is 84.4 Å². The number of anilines is 1. The molecule has 4 nitrogen and oxygen atoms in total. The number of halogens is 3. The summed E-state index contributed by atoms with van der Waals surface area (Å²) < 4.78 is 38.1. The van der Waals surface area contributed by atoms with E-state index in [-0.39, 0.29) is 12.2 Å². The zero-order valence-corrected chi connectivity index (χ0v) is 14.8. The van der Waals surface area contributed by atoms with E-state index in [2.05, 4.69) is 22.7 Å². The van der Waals surface area contributed by atoms with E-state index < -0.39 is 17.6 Å². The number of benzene rings is 3. The van der Waals surface area contributed by atoms with Crippen LogP contribution in [0.3, 0.4) is 0 Å². The first-order valence-electron chi connectivity index (χ1n) is 8.47. The van der Waals surface area contributed by atoms with Crippen molar-refractivity contribution in [2.45, 2.75) is 6.18 Å². The van der Waals surface area contributed by atoms with Gasteiger partial charge in [0.15, 0.2) is 0 Å². The molecule has 144 valence electrons. The van der Waals surface area contributed by atoms with Gasteiger partial charge in [-0.3, -0.25) is 15.6 Å². The van der Waals surface area contributed by atoms with Crippen LogP contribution in [-0.2, 0) is 11.0 Å². The molecule has 0 bridgehead atoms. The summed E-state index contributed by atoms with van der Waals surface area (Å²) in [6.45, 7) is 3.69. The lowest BCUT2D eigenvalue weighted by Crippen LogP contribution is -2.39. The molecule has 7 heteroatoms. The van der Waals surface area contributed by atoms with Crippen LogP contribution in [0.4, 0.5) is 18.9 Å². The minimum absolute atomic E-state index is 0.195. The molecule has 0 aromatic heterocycles. The summed E-state index contributed by atoms with van der Waals surface area (Å²) in [5, 5.41) is 4.80. The van der Waals surface area contributed by atoms with E-state index in [4.69, 9.17) is 0 Å². The summed E-state index contributed by atoms with van der Waals surface area (Å²) in [5.74, 6) is -0.445. The van der Waals surface area contributed by atoms with Gasteiger partial charge < -0.3 is 5.32 Å². The molecule has 0 radical (unpaired) electrons. The number of nitrogens with one attached hydrogen (secondary N) is 3. The molecule has 3 rings (SSSR count). The first kappa shape index (κ1) is 19.3. The molecule has 28 heavy (non-hydrogen) atoms. The Morgan fingerprint density at radius 3 is 2.39 bits per heavy atom. The maximum atomic E-state index is 12.7. The standard InChI is InChI=1S/C21H18F3N3O/c1-14(16-10-9-15-5-2-3-6-17(15)11-16)26-27-20(28)13-25-19-8-4-7-18(12-19)21(22,23)24/h2-12,25-26H,1,13H2,(H,27,28). The van der Waals surface area contributed by atoms with Crippen LogP contribution < -0.4 is 16.2 Å². The van der Waals surface area contributed by atoms with Crippen molar-refractivity contribution in [2.75, 3.05) is 11.9 Å². The molecule has 3 aromatic rings. The van der Waals surface area contributed by atoms with Crippen LogP contribution >= 0.6 is 0 Å². The number of amides is 1. The highest BCUT2D eigenvalue weighted by atomic mass is 19.4. The van der Waals surface area contributed by atoms with Gasteiger partial charge in [-0.1, -0.05) is 49.0 Å². The summed E-state index contributed by atoms with van der Waals surface area (Å²) in [5.41, 5.74) is 5.93. The smallest absolute Gasteiger partial charge is 0.376 e. The van der Waals surface area contributed by atoms with Gasteiger partial charge >= 0.3 is 6.18 Å². The topological polar surface area (TPSA) is 53.2 Å². The number of fused-ring (bicyclic) bond motifs is 1. The normalized spacial score (nSPS) is 11.1. The fourth-order valence-electron chi connectivity index (χ4n) is 2.63. The average Bonchev–Trinajstić information content (AvgIpc) is 2.69. The molecular formula is C21H18F3N3O. The number of hydrazine groups is 1. The highest BCUT2D eigenvalue weighted by Gasteiger charge is 2.30. The SMILES string of the molecule is C=C(NNC(=O)CNc1cccc(C(F)(F)F)c1)c1ccc2ccccc2c1. The van der Waals surface area contributed by atoms with E-state index in [0.717, 1.165) is 28.5 Å². The van der Waals surface area contributed by atoms with Crippen LogP contribution in [0.1, 0.15) is 11.1 Å². The number of rotatable bonds is 6. The quantitative estimate of drug-likeness (QED) is 0.545. The molecule has 3 N–H and O–H groups in total. The molecule has 0 atom stereocenters. The third-order valence-corrected chi connectivity index (χ3v) is 4.09. The van der Waals surface area contributed by atoms with Crippen molar-refractivity contribution in [3.63, 3.8) is 0 Å². The van der Waals surface area contributed by atoms with Gasteiger partial charge in [0.1, 0.15) is 0 Å². The van der Waals surface area contributed by atoms with Gasteiger partial charge in [-0.15, -0.1) is 0 Å². The predicted octanol–water partition coefficient (Wildman–Crippen LogP) is 4.56. The van der Waals surface area contributed by atoms with Gasteiger partial charge in [0.05, 0.1) is 17.8 Å². The average molecular weight is 385 g/mol. The first-order valence-corrected chi connectivity index (χ1v) is 8.47. The Morgan fingerprint density at radius 1 is 0.893 bits per heavy atom. The third-order valence-electron chi connectivity index (χ3n) is 4.09. The van der Waals surface area contributed by atoms with Crippen molar-refractivity contribution in [3.8, 4) is 0 Å². The molecule has 1 amide bonds. The Kier molecular flexibility index (Phi) is 5.54. The summed E-state index contributed by atoms with van der Waals surface area (Å²) in [7, 11) is 0. The van der Waals surface area contributed by atoms with Crippen molar-refractivity contribution in [2.24, 2.45) is 0 Å². The second-order valence-corrected chi connectivity index (χ2v) is 6.15. The Balaban J connectivity index is 1.53. The molecule has 0 aliphatic rings. The lowest BCUT2D eigenvalue weighted by Gasteiger charge is -2.13. The summed E-state index contributed by atoms with van der Waals surface area (Å²) in [4.78, 5) is 11.9. The molecule has 0 saturated heterocycles. The van der Waals surface area contributed by atoms with Crippen molar-refractivity contribution < 1.29 is 18.0 Å². The highest BCUT2D eigenvalue weighted by molar-refractivity contribution is 5.86. The van der Waals surface area contributed by atoms with Crippen LogP contribution in [0.15, 0.2) is 73.3 Å². The number of hydrogen-bond acceptors (Lipinski definition) is 3. The van der Waals surface area contributed by atoms with Crippen molar-refractivity contribution >= 4 is 28.1 Å². The van der Waals surface area contributed by atoms with Gasteiger partial charge in [0.2, 0.25) is 0 Å². The minimum atomic E-state index is -4.43. The Hall–Kier alpha value is -3.48. The third kappa shape index (κ3) is 4.82. The van der Waals surface area contributed by atoms with E-state index in [1.54, 1.807) is 0 Å². The van der Waals surface area contributed by atoms with Crippen molar-refractivity contribution in [1.82, 2.24) is 10.9 Å². The monoisotopic (exact) mass is 385 g/mol. The van der Waals surface area contributed by atoms with E-state index in [0.29, 0.717) is 5.70 Å². The molecule has 3 aromatic carbocycles. The van der Waals surface area contributed by atoms with Crippen LogP contribution in [0, 0.1) is 0 Å². The van der Waals surface area contributed by atoms with E-state index in [1.807, 2.05) is 42.5 Å². The second-order valence-electron chi connectivity index (χ2n) is 6.15. The zero-order chi connectivity index (χ0) is 20.1. The fraction of sp³-hybridized carbons (Fsp3) is 0.0952. The Bertz CT molecular complexity index is 1010. The molecular weight excluding hydrogens is 367 g/mol. The lowest BCUT2D eigenvalue weighted by molar-refractivity contribution is -0.137. The molecule has 0 unspecified atom stereocenters. The zero-order valence-electron chi connectivity index (χ0n) is 14.8. The van der Waals surface area contributed by atoms with E-state index in [1.165, 1.54) is 12.1 Å². The van der Waals surface area contributed by atoms with Gasteiger partial charge in [0.25, 0.3) is 5.91 Å². The Labute approximate surface area is 160 Å². The maximum Gasteiger partial charge on any atom is 0.416 e. The summed E-state index contributed by atoms with van der Waals surface area (Å²) in [6, 6.07) is 18.3. The largest absolute Gasteiger partial charge is 0.416 e. The first-order chi connectivity index (χ1) is 13.3. The number of hydrogen-bond donors (Lipinski definition) is 3. The van der Waals surface area contributed by atoms with Crippen LogP contribution in [0.25, 0.3) is 16.5 Å². The number of carbonyl (C=O) groups is 1. The number of alkyl halides is 3. The van der Waals surface area contributed by atoms with Gasteiger partial charge in [-0.2, -0.15) is 13.2 Å². The van der Waals surface area contributed by atoms with E-state index >= 15 is 0 Å². The molecule has 0 spiro atoms. The van der Waals surface area contributed by atoms with Crippen LogP contribution in [-0.4, -0.2) is 12.5 Å². The van der Waals surface area contributed by atoms with Gasteiger partial charge in [-0.25, -0.2) is 0 Å².